The Morgan fingerprint density at radius 2 is 2.20 bits per heavy atom. The van der Waals surface area contributed by atoms with Gasteiger partial charge in [-0.15, -0.1) is 0 Å². The van der Waals surface area contributed by atoms with Gasteiger partial charge in [-0.3, -0.25) is 4.79 Å². The van der Waals surface area contributed by atoms with Crippen LogP contribution in [0.1, 0.15) is 46.5 Å². The molecular weight excluding hydrogens is 188 g/mol. The van der Waals surface area contributed by atoms with Gasteiger partial charge in [-0.2, -0.15) is 0 Å². The molecule has 0 heterocycles. The van der Waals surface area contributed by atoms with Gasteiger partial charge in [-0.1, -0.05) is 20.3 Å². The Morgan fingerprint density at radius 3 is 2.80 bits per heavy atom. The van der Waals surface area contributed by atoms with Crippen LogP contribution in [0.4, 0.5) is 0 Å². The number of hydrogen-bond acceptors (Lipinski definition) is 2. The Hall–Kier alpha value is -0.570. The van der Waals surface area contributed by atoms with Crippen molar-refractivity contribution in [1.82, 2.24) is 10.6 Å². The molecule has 1 fully saturated rings. The molecule has 1 aliphatic carbocycles. The molecule has 3 heteroatoms. The van der Waals surface area contributed by atoms with Gasteiger partial charge in [0.2, 0.25) is 5.91 Å². The second-order valence-electron chi connectivity index (χ2n) is 4.62. The van der Waals surface area contributed by atoms with E-state index in [0.717, 1.165) is 12.5 Å². The number of carbonyl (C=O) groups is 1. The quantitative estimate of drug-likeness (QED) is 0.674. The fourth-order valence-corrected chi connectivity index (χ4v) is 2.08. The van der Waals surface area contributed by atoms with Crippen LogP contribution in [0, 0.1) is 5.92 Å². The molecule has 15 heavy (non-hydrogen) atoms. The monoisotopic (exact) mass is 212 g/mol. The van der Waals surface area contributed by atoms with Crippen LogP contribution in [-0.2, 0) is 4.79 Å². The van der Waals surface area contributed by atoms with Crippen molar-refractivity contribution < 1.29 is 4.79 Å². The Bertz CT molecular complexity index is 206. The minimum atomic E-state index is 0.201. The predicted octanol–water partition coefficient (Wildman–Crippen LogP) is 1.68. The molecule has 0 saturated heterocycles. The first-order valence-corrected chi connectivity index (χ1v) is 6.20. The zero-order valence-corrected chi connectivity index (χ0v) is 10.2. The van der Waals surface area contributed by atoms with Crippen LogP contribution in [-0.4, -0.2) is 24.5 Å². The third kappa shape index (κ3) is 4.65. The van der Waals surface area contributed by atoms with Crippen molar-refractivity contribution in [3.8, 4) is 0 Å². The molecule has 0 spiro atoms. The van der Waals surface area contributed by atoms with Gasteiger partial charge in [0.25, 0.3) is 0 Å². The largest absolute Gasteiger partial charge is 0.353 e. The number of carbonyl (C=O) groups excluding carboxylic acids is 1. The first-order chi connectivity index (χ1) is 7.17. The molecule has 88 valence electrons. The molecule has 0 radical (unpaired) electrons. The van der Waals surface area contributed by atoms with Gasteiger partial charge in [0.05, 0.1) is 0 Å². The molecule has 1 amide bonds. The van der Waals surface area contributed by atoms with Crippen LogP contribution in [0.15, 0.2) is 0 Å². The van der Waals surface area contributed by atoms with E-state index in [4.69, 9.17) is 0 Å². The van der Waals surface area contributed by atoms with Crippen LogP contribution in [0.3, 0.4) is 0 Å². The van der Waals surface area contributed by atoms with Crippen LogP contribution >= 0.6 is 0 Å². The number of rotatable bonds is 7. The van der Waals surface area contributed by atoms with E-state index in [9.17, 15) is 4.79 Å². The molecule has 3 unspecified atom stereocenters. The van der Waals surface area contributed by atoms with Crippen LogP contribution in [0.2, 0.25) is 0 Å². The van der Waals surface area contributed by atoms with E-state index in [0.29, 0.717) is 18.5 Å². The molecule has 0 bridgehead atoms. The maximum atomic E-state index is 11.6. The topological polar surface area (TPSA) is 41.1 Å². The number of amides is 1. The van der Waals surface area contributed by atoms with Crippen molar-refractivity contribution in [1.29, 1.82) is 0 Å². The summed E-state index contributed by atoms with van der Waals surface area (Å²) in [6.07, 6.45) is 4.27. The lowest BCUT2D eigenvalue weighted by Crippen LogP contribution is -2.35. The normalized spacial score (nSPS) is 26.1. The smallest absolute Gasteiger partial charge is 0.221 e. The van der Waals surface area contributed by atoms with Gasteiger partial charge < -0.3 is 10.6 Å². The lowest BCUT2D eigenvalue weighted by molar-refractivity contribution is -0.121. The van der Waals surface area contributed by atoms with E-state index in [1.165, 1.54) is 19.3 Å². The minimum Gasteiger partial charge on any atom is -0.353 e. The molecule has 2 N–H and O–H groups in total. The summed E-state index contributed by atoms with van der Waals surface area (Å²) in [4.78, 5) is 11.6. The molecule has 0 aliphatic heterocycles. The van der Waals surface area contributed by atoms with Gasteiger partial charge in [-0.25, -0.2) is 0 Å². The fraction of sp³-hybridized carbons (Fsp3) is 0.917. The van der Waals surface area contributed by atoms with Crippen LogP contribution < -0.4 is 10.6 Å². The molecule has 3 atom stereocenters. The zero-order chi connectivity index (χ0) is 11.3. The Balaban J connectivity index is 2.09. The average molecular weight is 212 g/mol. The summed E-state index contributed by atoms with van der Waals surface area (Å²) in [7, 11) is 0. The summed E-state index contributed by atoms with van der Waals surface area (Å²) in [5, 5.41) is 6.34. The highest BCUT2D eigenvalue weighted by molar-refractivity contribution is 5.77. The highest BCUT2D eigenvalue weighted by Crippen LogP contribution is 2.34. The highest BCUT2D eigenvalue weighted by atomic mass is 16.1. The van der Waals surface area contributed by atoms with E-state index < -0.39 is 0 Å². The maximum absolute atomic E-state index is 11.6. The van der Waals surface area contributed by atoms with Crippen molar-refractivity contribution in [2.75, 3.05) is 6.54 Å². The summed E-state index contributed by atoms with van der Waals surface area (Å²) in [5.74, 6) is 0.959. The van der Waals surface area contributed by atoms with Crippen molar-refractivity contribution in [2.45, 2.75) is 58.5 Å². The van der Waals surface area contributed by atoms with E-state index in [-0.39, 0.29) is 5.91 Å². The lowest BCUT2D eigenvalue weighted by Gasteiger charge is -2.11. The summed E-state index contributed by atoms with van der Waals surface area (Å²) >= 11 is 0. The molecule has 0 aromatic rings. The first-order valence-electron chi connectivity index (χ1n) is 6.20. The standard InChI is InChI=1S/C12H24N2O/c1-4-6-10-8-11(10)14-12(15)7-9(3)13-5-2/h9-11,13H,4-8H2,1-3H3,(H,14,15). The van der Waals surface area contributed by atoms with Crippen molar-refractivity contribution in [3.63, 3.8) is 0 Å². The Labute approximate surface area is 93.0 Å². The average Bonchev–Trinajstić information content (AvgIpc) is 2.84. The van der Waals surface area contributed by atoms with Gasteiger partial charge in [-0.05, 0) is 32.2 Å². The summed E-state index contributed by atoms with van der Waals surface area (Å²) < 4.78 is 0. The lowest BCUT2D eigenvalue weighted by atomic mass is 10.2. The van der Waals surface area contributed by atoms with Crippen LogP contribution in [0.5, 0.6) is 0 Å². The molecule has 3 nitrogen and oxygen atoms in total. The van der Waals surface area contributed by atoms with Gasteiger partial charge in [0.1, 0.15) is 0 Å². The van der Waals surface area contributed by atoms with Crippen molar-refractivity contribution in [3.05, 3.63) is 0 Å². The van der Waals surface area contributed by atoms with Gasteiger partial charge in [0.15, 0.2) is 0 Å². The number of nitrogens with one attached hydrogen (secondary N) is 2. The molecule has 0 aromatic carbocycles. The van der Waals surface area contributed by atoms with Gasteiger partial charge >= 0.3 is 0 Å². The van der Waals surface area contributed by atoms with Gasteiger partial charge in [0, 0.05) is 18.5 Å². The fourth-order valence-electron chi connectivity index (χ4n) is 2.08. The van der Waals surface area contributed by atoms with E-state index in [1.807, 2.05) is 0 Å². The van der Waals surface area contributed by atoms with Crippen LogP contribution in [0.25, 0.3) is 0 Å². The minimum absolute atomic E-state index is 0.201. The highest BCUT2D eigenvalue weighted by Gasteiger charge is 2.36. The SMILES string of the molecule is CCCC1CC1NC(=O)CC(C)NCC. The van der Waals surface area contributed by atoms with E-state index >= 15 is 0 Å². The van der Waals surface area contributed by atoms with Crippen molar-refractivity contribution in [2.24, 2.45) is 5.92 Å². The Kier molecular flexibility index (Phi) is 5.09. The van der Waals surface area contributed by atoms with E-state index in [2.05, 4.69) is 31.4 Å². The molecule has 1 aliphatic rings. The molecule has 1 rings (SSSR count). The predicted molar refractivity (Wildman–Crippen MR) is 62.7 cm³/mol. The Morgan fingerprint density at radius 1 is 1.47 bits per heavy atom. The molecule has 0 aromatic heterocycles. The molecule has 1 saturated carbocycles. The first kappa shape index (κ1) is 12.5. The second kappa shape index (κ2) is 6.11. The maximum Gasteiger partial charge on any atom is 0.221 e. The van der Waals surface area contributed by atoms with Crippen molar-refractivity contribution >= 4 is 5.91 Å². The summed E-state index contributed by atoms with van der Waals surface area (Å²) in [6, 6.07) is 0.768. The van der Waals surface area contributed by atoms with E-state index in [1.54, 1.807) is 0 Å². The summed E-state index contributed by atoms with van der Waals surface area (Å²) in [6.45, 7) is 7.24. The number of hydrogen-bond donors (Lipinski definition) is 2. The third-order valence-corrected chi connectivity index (χ3v) is 2.97. The second-order valence-corrected chi connectivity index (χ2v) is 4.62. The molecular formula is C12H24N2O. The summed E-state index contributed by atoms with van der Waals surface area (Å²) in [5.41, 5.74) is 0. The third-order valence-electron chi connectivity index (χ3n) is 2.97. The zero-order valence-electron chi connectivity index (χ0n) is 10.2.